The maximum absolute atomic E-state index is 12.7. The van der Waals surface area contributed by atoms with Gasteiger partial charge in [0.2, 0.25) is 5.95 Å². The number of methoxy groups -OCH3 is 1. The summed E-state index contributed by atoms with van der Waals surface area (Å²) in [5.41, 5.74) is 2.57. The summed E-state index contributed by atoms with van der Waals surface area (Å²) in [6.45, 7) is 4.56. The van der Waals surface area contributed by atoms with Crippen molar-refractivity contribution in [2.45, 2.75) is 13.1 Å². The van der Waals surface area contributed by atoms with Crippen molar-refractivity contribution in [2.24, 2.45) is 0 Å². The molecule has 1 aliphatic heterocycles. The van der Waals surface area contributed by atoms with Gasteiger partial charge < -0.3 is 15.0 Å². The summed E-state index contributed by atoms with van der Waals surface area (Å²) in [6.07, 6.45) is 0. The number of H-pyrrole nitrogens is 1. The maximum Gasteiger partial charge on any atom is 0.274 e. The number of fused-ring (bicyclic) bond motifs is 1. The van der Waals surface area contributed by atoms with Gasteiger partial charge in [0.05, 0.1) is 18.5 Å². The second-order valence-electron chi connectivity index (χ2n) is 8.17. The van der Waals surface area contributed by atoms with E-state index in [9.17, 15) is 4.79 Å². The summed E-state index contributed by atoms with van der Waals surface area (Å²) in [5, 5.41) is 6.81. The van der Waals surface area contributed by atoms with Crippen LogP contribution in [0.25, 0.3) is 5.78 Å². The first-order chi connectivity index (χ1) is 16.6. The molecule has 1 aliphatic rings. The van der Waals surface area contributed by atoms with E-state index < -0.39 is 0 Å². The second-order valence-corrected chi connectivity index (χ2v) is 8.58. The molecular formula is C24H26ClN7O2. The summed E-state index contributed by atoms with van der Waals surface area (Å²) in [5.74, 6) is 1.69. The van der Waals surface area contributed by atoms with Crippen molar-refractivity contribution < 1.29 is 4.74 Å². The van der Waals surface area contributed by atoms with Crippen LogP contribution >= 0.6 is 11.6 Å². The molecule has 2 aromatic carbocycles. The van der Waals surface area contributed by atoms with Gasteiger partial charge in [-0.2, -0.15) is 9.50 Å². The monoisotopic (exact) mass is 479 g/mol. The lowest BCUT2D eigenvalue weighted by Gasteiger charge is -2.36. The number of para-hydroxylation sites is 2. The average molecular weight is 480 g/mol. The summed E-state index contributed by atoms with van der Waals surface area (Å²) in [7, 11) is 1.70. The predicted octanol–water partition coefficient (Wildman–Crippen LogP) is 3.01. The Hall–Kier alpha value is -3.56. The maximum atomic E-state index is 12.7. The number of hydrogen-bond acceptors (Lipinski definition) is 7. The standard InChI is InChI=1S/C24H26ClN7O2/c1-34-21-9-5-4-8-20(21)31-12-10-30(11-13-31)16-18-14-22(33)32-24(27-18)28-23(29-32)26-15-17-6-2-3-7-19(17)25/h2-9,14H,10-13,15-16H2,1H3,(H2,26,27,28,29). The number of hydrogen-bond donors (Lipinski definition) is 2. The van der Waals surface area contributed by atoms with Crippen LogP contribution in [-0.4, -0.2) is 57.8 Å². The normalized spacial score (nSPS) is 14.5. The number of piperazine rings is 1. The fourth-order valence-electron chi connectivity index (χ4n) is 4.18. The molecule has 0 aliphatic carbocycles. The van der Waals surface area contributed by atoms with E-state index in [0.29, 0.717) is 35.5 Å². The van der Waals surface area contributed by atoms with Gasteiger partial charge in [0.25, 0.3) is 11.3 Å². The van der Waals surface area contributed by atoms with Crippen LogP contribution in [0.4, 0.5) is 11.6 Å². The highest BCUT2D eigenvalue weighted by Crippen LogP contribution is 2.28. The van der Waals surface area contributed by atoms with Crippen LogP contribution < -0.4 is 20.5 Å². The highest BCUT2D eigenvalue weighted by Gasteiger charge is 2.20. The van der Waals surface area contributed by atoms with E-state index in [-0.39, 0.29) is 5.56 Å². The molecule has 5 rings (SSSR count). The Bertz CT molecular complexity index is 1340. The van der Waals surface area contributed by atoms with E-state index in [1.165, 1.54) is 4.52 Å². The Morgan fingerprint density at radius 1 is 1.06 bits per heavy atom. The summed E-state index contributed by atoms with van der Waals surface area (Å²) in [4.78, 5) is 26.3. The van der Waals surface area contributed by atoms with E-state index >= 15 is 0 Å². The lowest BCUT2D eigenvalue weighted by molar-refractivity contribution is 0.246. The van der Waals surface area contributed by atoms with Crippen LogP contribution in [0.5, 0.6) is 5.75 Å². The summed E-state index contributed by atoms with van der Waals surface area (Å²) < 4.78 is 6.85. The molecule has 0 atom stereocenters. The minimum absolute atomic E-state index is 0.189. The van der Waals surface area contributed by atoms with Crippen LogP contribution in [-0.2, 0) is 13.1 Å². The van der Waals surface area contributed by atoms with Crippen LogP contribution in [0.2, 0.25) is 5.02 Å². The first-order valence-corrected chi connectivity index (χ1v) is 11.5. The van der Waals surface area contributed by atoms with Gasteiger partial charge in [0.15, 0.2) is 0 Å². The molecular weight excluding hydrogens is 454 g/mol. The first kappa shape index (κ1) is 22.2. The molecule has 0 saturated carbocycles. The Balaban J connectivity index is 1.24. The number of nitrogens with one attached hydrogen (secondary N) is 2. The number of aromatic nitrogens is 4. The van der Waals surface area contributed by atoms with Crippen molar-refractivity contribution in [2.75, 3.05) is 43.5 Å². The number of nitrogens with zero attached hydrogens (tertiary/aromatic N) is 5. The lowest BCUT2D eigenvalue weighted by Crippen LogP contribution is -2.46. The van der Waals surface area contributed by atoms with E-state index in [1.807, 2.05) is 42.5 Å². The van der Waals surface area contributed by atoms with E-state index in [1.54, 1.807) is 13.2 Å². The zero-order valence-corrected chi connectivity index (χ0v) is 19.6. The van der Waals surface area contributed by atoms with Crippen molar-refractivity contribution in [3.05, 3.63) is 81.2 Å². The number of benzene rings is 2. The molecule has 34 heavy (non-hydrogen) atoms. The molecule has 3 heterocycles. The third-order valence-electron chi connectivity index (χ3n) is 5.97. The van der Waals surface area contributed by atoms with Crippen LogP contribution in [0, 0.1) is 0 Å². The van der Waals surface area contributed by atoms with Crippen molar-refractivity contribution in [1.82, 2.24) is 24.5 Å². The molecule has 1 saturated heterocycles. The zero-order chi connectivity index (χ0) is 23.5. The summed E-state index contributed by atoms with van der Waals surface area (Å²) >= 11 is 6.21. The van der Waals surface area contributed by atoms with E-state index in [0.717, 1.165) is 43.2 Å². The highest BCUT2D eigenvalue weighted by atomic mass is 35.5. The topological polar surface area (TPSA) is 90.8 Å². The average Bonchev–Trinajstić information content (AvgIpc) is 3.28. The van der Waals surface area contributed by atoms with Gasteiger partial charge in [-0.1, -0.05) is 41.9 Å². The number of rotatable bonds is 7. The molecule has 176 valence electrons. The Kier molecular flexibility index (Phi) is 6.37. The van der Waals surface area contributed by atoms with Gasteiger partial charge in [-0.05, 0) is 23.8 Å². The molecule has 2 N–H and O–H groups in total. The zero-order valence-electron chi connectivity index (χ0n) is 18.9. The van der Waals surface area contributed by atoms with Gasteiger partial charge in [-0.25, -0.2) is 4.98 Å². The van der Waals surface area contributed by atoms with Crippen molar-refractivity contribution in [1.29, 1.82) is 0 Å². The molecule has 0 bridgehead atoms. The van der Waals surface area contributed by atoms with Crippen molar-refractivity contribution in [3.8, 4) is 5.75 Å². The first-order valence-electron chi connectivity index (χ1n) is 11.2. The Morgan fingerprint density at radius 3 is 2.62 bits per heavy atom. The minimum atomic E-state index is -0.189. The molecule has 10 heteroatoms. The third-order valence-corrected chi connectivity index (χ3v) is 6.34. The minimum Gasteiger partial charge on any atom is -0.495 e. The number of aromatic amines is 1. The second kappa shape index (κ2) is 9.74. The van der Waals surface area contributed by atoms with Crippen molar-refractivity contribution in [3.63, 3.8) is 0 Å². The van der Waals surface area contributed by atoms with Gasteiger partial charge in [-0.15, -0.1) is 0 Å². The van der Waals surface area contributed by atoms with Crippen LogP contribution in [0.3, 0.4) is 0 Å². The third kappa shape index (κ3) is 4.71. The Labute approximate surface area is 201 Å². The molecule has 1 fully saturated rings. The molecule has 0 radical (unpaired) electrons. The smallest absolute Gasteiger partial charge is 0.274 e. The number of anilines is 2. The lowest BCUT2D eigenvalue weighted by atomic mass is 10.2. The van der Waals surface area contributed by atoms with Gasteiger partial charge in [-0.3, -0.25) is 14.8 Å². The fraction of sp³-hybridized carbons (Fsp3) is 0.292. The van der Waals surface area contributed by atoms with E-state index in [2.05, 4.69) is 36.2 Å². The molecule has 0 unspecified atom stereocenters. The van der Waals surface area contributed by atoms with Gasteiger partial charge in [0.1, 0.15) is 5.75 Å². The molecule has 0 spiro atoms. The van der Waals surface area contributed by atoms with Crippen LogP contribution in [0.1, 0.15) is 11.3 Å². The largest absolute Gasteiger partial charge is 0.495 e. The molecule has 9 nitrogen and oxygen atoms in total. The highest BCUT2D eigenvalue weighted by molar-refractivity contribution is 6.31. The van der Waals surface area contributed by atoms with Crippen LogP contribution in [0.15, 0.2) is 59.4 Å². The number of ether oxygens (including phenoxy) is 1. The van der Waals surface area contributed by atoms with E-state index in [4.69, 9.17) is 16.3 Å². The Morgan fingerprint density at radius 2 is 1.82 bits per heavy atom. The van der Waals surface area contributed by atoms with Gasteiger partial charge >= 0.3 is 0 Å². The number of halogens is 1. The molecule has 2 aromatic heterocycles. The quantitative estimate of drug-likeness (QED) is 0.421. The predicted molar refractivity (Wildman–Crippen MR) is 133 cm³/mol. The SMILES string of the molecule is COc1ccccc1N1CCN(Cc2cc(=O)n3[nH]c(NCc4ccccc4Cl)nc3n2)CC1. The summed E-state index contributed by atoms with van der Waals surface area (Å²) in [6, 6.07) is 17.2. The van der Waals surface area contributed by atoms with Gasteiger partial charge in [0, 0.05) is 50.4 Å². The van der Waals surface area contributed by atoms with Crippen molar-refractivity contribution >= 4 is 29.0 Å². The molecule has 0 amide bonds. The fourth-order valence-corrected chi connectivity index (χ4v) is 4.38. The molecule has 4 aromatic rings.